The topological polar surface area (TPSA) is 92.6 Å². The van der Waals surface area contributed by atoms with Crippen molar-refractivity contribution in [2.24, 2.45) is 5.92 Å². The van der Waals surface area contributed by atoms with Gasteiger partial charge in [0.15, 0.2) is 0 Å². The summed E-state index contributed by atoms with van der Waals surface area (Å²) in [5, 5.41) is 14.7. The Morgan fingerprint density at radius 1 is 1.21 bits per heavy atom. The van der Waals surface area contributed by atoms with Crippen molar-refractivity contribution in [2.75, 3.05) is 10.2 Å². The van der Waals surface area contributed by atoms with Crippen LogP contribution in [0.4, 0.5) is 17.1 Å². The van der Waals surface area contributed by atoms with Crippen molar-refractivity contribution in [1.82, 2.24) is 0 Å². The number of nitrogens with zero attached hydrogens (tertiary/aromatic N) is 2. The van der Waals surface area contributed by atoms with E-state index in [-0.39, 0.29) is 41.6 Å². The van der Waals surface area contributed by atoms with E-state index in [0.29, 0.717) is 5.69 Å². The van der Waals surface area contributed by atoms with Crippen molar-refractivity contribution in [2.45, 2.75) is 51.5 Å². The Hall–Kier alpha value is -2.44. The fourth-order valence-electron chi connectivity index (χ4n) is 3.45. The molecule has 1 heterocycles. The van der Waals surface area contributed by atoms with Gasteiger partial charge in [0.2, 0.25) is 11.8 Å². The molecule has 2 amide bonds. The molecule has 1 aromatic rings. The lowest BCUT2D eigenvalue weighted by molar-refractivity contribution is -0.383. The van der Waals surface area contributed by atoms with Gasteiger partial charge in [-0.15, -0.1) is 0 Å². The number of anilines is 2. The van der Waals surface area contributed by atoms with Crippen molar-refractivity contribution >= 4 is 28.9 Å². The van der Waals surface area contributed by atoms with Crippen LogP contribution in [0.25, 0.3) is 0 Å². The molecule has 1 aliphatic carbocycles. The molecule has 0 aromatic heterocycles. The molecule has 0 radical (unpaired) electrons. The van der Waals surface area contributed by atoms with E-state index in [1.54, 1.807) is 19.1 Å². The Balaban J connectivity index is 1.88. The number of benzene rings is 1. The maximum Gasteiger partial charge on any atom is 0.294 e. The zero-order valence-corrected chi connectivity index (χ0v) is 13.7. The Labute approximate surface area is 140 Å². The van der Waals surface area contributed by atoms with Crippen LogP contribution in [0.2, 0.25) is 0 Å². The maximum absolute atomic E-state index is 12.1. The average molecular weight is 331 g/mol. The zero-order chi connectivity index (χ0) is 17.3. The number of carbonyl (C=O) groups excluding carboxylic acids is 2. The smallest absolute Gasteiger partial charge is 0.294 e. The zero-order valence-electron chi connectivity index (χ0n) is 13.7. The lowest BCUT2D eigenvalue weighted by Gasteiger charge is -2.24. The fraction of sp³-hybridized carbons (Fsp3) is 0.529. The molecule has 7 heteroatoms. The highest BCUT2D eigenvalue weighted by atomic mass is 16.6. The fourth-order valence-corrected chi connectivity index (χ4v) is 3.45. The molecule has 1 saturated carbocycles. The molecule has 1 aliphatic heterocycles. The van der Waals surface area contributed by atoms with E-state index in [4.69, 9.17) is 0 Å². The second kappa shape index (κ2) is 6.59. The predicted octanol–water partition coefficient (Wildman–Crippen LogP) is 3.24. The van der Waals surface area contributed by atoms with Crippen LogP contribution in [0.1, 0.15) is 45.4 Å². The van der Waals surface area contributed by atoms with E-state index in [1.165, 1.54) is 12.5 Å². The minimum atomic E-state index is -0.469. The summed E-state index contributed by atoms with van der Waals surface area (Å²) in [6.45, 7) is 1.69. The quantitative estimate of drug-likeness (QED) is 0.519. The summed E-state index contributed by atoms with van der Waals surface area (Å²) in [7, 11) is 0. The van der Waals surface area contributed by atoms with Crippen LogP contribution >= 0.6 is 0 Å². The van der Waals surface area contributed by atoms with E-state index in [2.05, 4.69) is 5.32 Å². The summed E-state index contributed by atoms with van der Waals surface area (Å²) < 4.78 is 0. The summed E-state index contributed by atoms with van der Waals surface area (Å²) in [6, 6.07) is 4.76. The molecule has 3 rings (SSSR count). The van der Waals surface area contributed by atoms with Gasteiger partial charge in [-0.25, -0.2) is 0 Å². The third-order valence-corrected chi connectivity index (χ3v) is 4.77. The highest BCUT2D eigenvalue weighted by molar-refractivity contribution is 6.21. The number of hydrogen-bond donors (Lipinski definition) is 1. The first-order chi connectivity index (χ1) is 11.5. The molecule has 2 fully saturated rings. The predicted molar refractivity (Wildman–Crippen MR) is 89.9 cm³/mol. The summed E-state index contributed by atoms with van der Waals surface area (Å²) >= 11 is 0. The van der Waals surface area contributed by atoms with Crippen molar-refractivity contribution in [3.63, 3.8) is 0 Å². The Morgan fingerprint density at radius 2 is 1.92 bits per heavy atom. The van der Waals surface area contributed by atoms with E-state index < -0.39 is 4.92 Å². The lowest BCUT2D eigenvalue weighted by atomic mass is 9.95. The number of rotatable bonds is 4. The SMILES string of the molecule is C[C@@H]1CC(=O)N(c2ccc(NC3CCCCC3)c([N+](=O)[O-])c2)C1=O. The molecule has 128 valence electrons. The van der Waals surface area contributed by atoms with Gasteiger partial charge < -0.3 is 5.32 Å². The molecule has 2 aliphatic rings. The van der Waals surface area contributed by atoms with Crippen molar-refractivity contribution in [3.05, 3.63) is 28.3 Å². The molecular formula is C17H21N3O4. The summed E-state index contributed by atoms with van der Waals surface area (Å²) in [5.41, 5.74) is 0.622. The number of amides is 2. The molecule has 1 saturated heterocycles. The average Bonchev–Trinajstić information content (AvgIpc) is 2.81. The molecule has 0 unspecified atom stereocenters. The Kier molecular flexibility index (Phi) is 4.51. The van der Waals surface area contributed by atoms with Gasteiger partial charge in [-0.1, -0.05) is 26.2 Å². The monoisotopic (exact) mass is 331 g/mol. The largest absolute Gasteiger partial charge is 0.377 e. The minimum absolute atomic E-state index is 0.0989. The van der Waals surface area contributed by atoms with Crippen LogP contribution in [0.5, 0.6) is 0 Å². The molecular weight excluding hydrogens is 310 g/mol. The number of carbonyl (C=O) groups is 2. The Bertz CT molecular complexity index is 682. The second-order valence-corrected chi connectivity index (χ2v) is 6.61. The molecule has 1 atom stereocenters. The van der Waals surface area contributed by atoms with Gasteiger partial charge >= 0.3 is 0 Å². The normalized spacial score (nSPS) is 22.0. The van der Waals surface area contributed by atoms with Gasteiger partial charge in [-0.3, -0.25) is 24.6 Å². The number of nitro benzene ring substituents is 1. The molecule has 0 spiro atoms. The van der Waals surface area contributed by atoms with Crippen molar-refractivity contribution in [1.29, 1.82) is 0 Å². The van der Waals surface area contributed by atoms with Gasteiger partial charge in [0.1, 0.15) is 5.69 Å². The summed E-state index contributed by atoms with van der Waals surface area (Å²) in [5.74, 6) is -0.992. The van der Waals surface area contributed by atoms with Crippen molar-refractivity contribution < 1.29 is 14.5 Å². The minimum Gasteiger partial charge on any atom is -0.377 e. The van der Waals surface area contributed by atoms with Crippen LogP contribution in [0.15, 0.2) is 18.2 Å². The van der Waals surface area contributed by atoms with Crippen LogP contribution in [-0.2, 0) is 9.59 Å². The Morgan fingerprint density at radius 3 is 2.50 bits per heavy atom. The number of nitro groups is 1. The van der Waals surface area contributed by atoms with Crippen LogP contribution in [0.3, 0.4) is 0 Å². The van der Waals surface area contributed by atoms with Crippen LogP contribution in [-0.4, -0.2) is 22.8 Å². The van der Waals surface area contributed by atoms with Crippen molar-refractivity contribution in [3.8, 4) is 0 Å². The van der Waals surface area contributed by atoms with E-state index in [9.17, 15) is 19.7 Å². The first-order valence-corrected chi connectivity index (χ1v) is 8.39. The van der Waals surface area contributed by atoms with Gasteiger partial charge in [0.25, 0.3) is 5.69 Å². The maximum atomic E-state index is 12.1. The molecule has 7 nitrogen and oxygen atoms in total. The summed E-state index contributed by atoms with van der Waals surface area (Å²) in [4.78, 5) is 36.1. The highest BCUT2D eigenvalue weighted by Gasteiger charge is 2.37. The van der Waals surface area contributed by atoms with Gasteiger partial charge in [0, 0.05) is 24.4 Å². The molecule has 1 aromatic carbocycles. The first kappa shape index (κ1) is 16.4. The number of hydrogen-bond acceptors (Lipinski definition) is 5. The number of imide groups is 1. The van der Waals surface area contributed by atoms with E-state index in [1.807, 2.05) is 0 Å². The molecule has 1 N–H and O–H groups in total. The third-order valence-electron chi connectivity index (χ3n) is 4.77. The van der Waals surface area contributed by atoms with Gasteiger partial charge in [-0.05, 0) is 25.0 Å². The third kappa shape index (κ3) is 3.11. The van der Waals surface area contributed by atoms with Crippen LogP contribution < -0.4 is 10.2 Å². The lowest BCUT2D eigenvalue weighted by Crippen LogP contribution is -2.30. The molecule has 24 heavy (non-hydrogen) atoms. The number of nitrogens with one attached hydrogen (secondary N) is 1. The van der Waals surface area contributed by atoms with Crippen LogP contribution in [0, 0.1) is 16.0 Å². The first-order valence-electron chi connectivity index (χ1n) is 8.39. The highest BCUT2D eigenvalue weighted by Crippen LogP contribution is 2.34. The second-order valence-electron chi connectivity index (χ2n) is 6.61. The standard InChI is InChI=1S/C17H21N3O4/c1-11-9-16(21)19(17(11)22)13-7-8-14(15(10-13)20(23)24)18-12-5-3-2-4-6-12/h7-8,10-12,18H,2-6,9H2,1H3/t11-/m1/s1. The summed E-state index contributed by atoms with van der Waals surface area (Å²) in [6.07, 6.45) is 5.60. The van der Waals surface area contributed by atoms with Gasteiger partial charge in [-0.2, -0.15) is 0 Å². The molecule has 0 bridgehead atoms. The van der Waals surface area contributed by atoms with E-state index >= 15 is 0 Å². The van der Waals surface area contributed by atoms with Gasteiger partial charge in [0.05, 0.1) is 10.6 Å². The van der Waals surface area contributed by atoms with E-state index in [0.717, 1.165) is 30.6 Å².